The molecule has 0 unspecified atom stereocenters. The molecule has 174 valence electrons. The van der Waals surface area contributed by atoms with E-state index >= 15 is 0 Å². The van der Waals surface area contributed by atoms with Crippen LogP contribution in [0.15, 0.2) is 72.8 Å². The van der Waals surface area contributed by atoms with Crippen molar-refractivity contribution < 1.29 is 0 Å². The van der Waals surface area contributed by atoms with E-state index in [0.717, 1.165) is 48.2 Å². The highest BCUT2D eigenvalue weighted by atomic mass is 35.5. The fourth-order valence-corrected chi connectivity index (χ4v) is 4.09. The van der Waals surface area contributed by atoms with E-state index in [1.807, 2.05) is 36.4 Å². The molecule has 4 aromatic rings. The van der Waals surface area contributed by atoms with E-state index < -0.39 is 0 Å². The third-order valence-corrected chi connectivity index (χ3v) is 6.03. The van der Waals surface area contributed by atoms with Gasteiger partial charge < -0.3 is 11.1 Å². The first kappa shape index (κ1) is 23.9. The molecule has 3 N–H and O–H groups in total. The number of benzene rings is 3. The lowest BCUT2D eigenvalue weighted by Gasteiger charge is -2.10. The summed E-state index contributed by atoms with van der Waals surface area (Å²) >= 11 is 6.24. The summed E-state index contributed by atoms with van der Waals surface area (Å²) in [4.78, 5) is 9.51. The Kier molecular flexibility index (Phi) is 8.66. The molecule has 5 heteroatoms. The number of nitrogens with zero attached hydrogens (tertiary/aromatic N) is 2. The number of rotatable bonds is 11. The van der Waals surface area contributed by atoms with Crippen LogP contribution in [0.4, 0.5) is 5.82 Å². The van der Waals surface area contributed by atoms with E-state index in [9.17, 15) is 0 Å². The van der Waals surface area contributed by atoms with Crippen molar-refractivity contribution in [2.45, 2.75) is 32.1 Å². The summed E-state index contributed by atoms with van der Waals surface area (Å²) in [7, 11) is 0. The lowest BCUT2D eigenvalue weighted by molar-refractivity contribution is 0.629. The van der Waals surface area contributed by atoms with Crippen molar-refractivity contribution in [3.63, 3.8) is 0 Å². The molecule has 4 rings (SSSR count). The van der Waals surface area contributed by atoms with Gasteiger partial charge in [-0.3, -0.25) is 0 Å². The van der Waals surface area contributed by atoms with E-state index in [-0.39, 0.29) is 0 Å². The minimum atomic E-state index is 0.660. The summed E-state index contributed by atoms with van der Waals surface area (Å²) in [5.74, 6) is 1.51. The van der Waals surface area contributed by atoms with Gasteiger partial charge in [0.15, 0.2) is 5.82 Å². The first-order chi connectivity index (χ1) is 16.7. The Balaban J connectivity index is 1.47. The van der Waals surface area contributed by atoms with Crippen LogP contribution in [0.3, 0.4) is 0 Å². The van der Waals surface area contributed by atoms with Crippen molar-refractivity contribution in [1.82, 2.24) is 9.97 Å². The first-order valence-electron chi connectivity index (χ1n) is 12.0. The maximum absolute atomic E-state index is 6.24. The normalized spacial score (nSPS) is 11.4. The molecule has 1 heterocycles. The Morgan fingerprint density at radius 3 is 2.29 bits per heavy atom. The van der Waals surface area contributed by atoms with E-state index in [1.165, 1.54) is 30.4 Å². The number of hydrogen-bond donors (Lipinski definition) is 2. The molecule has 0 radical (unpaired) electrons. The molecule has 0 amide bonds. The summed E-state index contributed by atoms with van der Waals surface area (Å²) in [6.07, 6.45) is 9.81. The van der Waals surface area contributed by atoms with Crippen molar-refractivity contribution in [2.24, 2.45) is 5.73 Å². The summed E-state index contributed by atoms with van der Waals surface area (Å²) < 4.78 is 0. The molecule has 0 saturated heterocycles. The van der Waals surface area contributed by atoms with Gasteiger partial charge in [-0.05, 0) is 60.4 Å². The van der Waals surface area contributed by atoms with Crippen LogP contribution in [-0.4, -0.2) is 23.1 Å². The number of nitrogens with two attached hydrogens (primary N) is 1. The van der Waals surface area contributed by atoms with Gasteiger partial charge in [0.1, 0.15) is 5.82 Å². The summed E-state index contributed by atoms with van der Waals surface area (Å²) in [6, 6.07) is 24.6. The maximum Gasteiger partial charge on any atom is 0.154 e. The quantitative estimate of drug-likeness (QED) is 0.223. The van der Waals surface area contributed by atoms with Crippen molar-refractivity contribution in [2.75, 3.05) is 18.4 Å². The van der Waals surface area contributed by atoms with Gasteiger partial charge in [0, 0.05) is 17.0 Å². The molecule has 3 aromatic carbocycles. The van der Waals surface area contributed by atoms with Gasteiger partial charge in [0.2, 0.25) is 0 Å². The Morgan fingerprint density at radius 2 is 1.50 bits per heavy atom. The van der Waals surface area contributed by atoms with E-state index in [2.05, 4.69) is 53.8 Å². The average Bonchev–Trinajstić information content (AvgIpc) is 2.87. The fraction of sp³-hybridized carbons (Fsp3) is 0.241. The molecule has 0 aliphatic heterocycles. The molecule has 0 spiro atoms. The lowest BCUT2D eigenvalue weighted by Crippen LogP contribution is -2.06. The molecule has 0 fully saturated rings. The van der Waals surface area contributed by atoms with Crippen molar-refractivity contribution in [3.05, 3.63) is 89.2 Å². The first-order valence-corrected chi connectivity index (χ1v) is 12.4. The maximum atomic E-state index is 6.24. The highest BCUT2D eigenvalue weighted by Crippen LogP contribution is 2.25. The van der Waals surface area contributed by atoms with Crippen LogP contribution >= 0.6 is 11.6 Å². The number of anilines is 1. The second-order valence-electron chi connectivity index (χ2n) is 8.40. The van der Waals surface area contributed by atoms with Crippen LogP contribution in [0.25, 0.3) is 34.2 Å². The third-order valence-electron chi connectivity index (χ3n) is 5.79. The zero-order valence-electron chi connectivity index (χ0n) is 19.4. The molecule has 4 nitrogen and oxygen atoms in total. The number of unbranched alkanes of at least 4 members (excludes halogenated alkanes) is 4. The molecular formula is C29H31ClN4. The monoisotopic (exact) mass is 470 g/mol. The summed E-state index contributed by atoms with van der Waals surface area (Å²) in [5, 5.41) is 5.16. The van der Waals surface area contributed by atoms with Crippen LogP contribution in [0, 0.1) is 0 Å². The largest absolute Gasteiger partial charge is 0.369 e. The summed E-state index contributed by atoms with van der Waals surface area (Å²) in [6.45, 7) is 1.66. The lowest BCUT2D eigenvalue weighted by atomic mass is 10.0. The number of fused-ring (bicyclic) bond motifs is 1. The molecule has 1 aromatic heterocycles. The zero-order valence-corrected chi connectivity index (χ0v) is 20.1. The fourth-order valence-electron chi connectivity index (χ4n) is 3.92. The molecule has 0 bridgehead atoms. The van der Waals surface area contributed by atoms with Crippen LogP contribution in [0.5, 0.6) is 0 Å². The Morgan fingerprint density at radius 1 is 0.765 bits per heavy atom. The Hall–Kier alpha value is -3.21. The van der Waals surface area contributed by atoms with E-state index in [4.69, 9.17) is 27.3 Å². The number of halogens is 1. The van der Waals surface area contributed by atoms with Crippen LogP contribution in [0.2, 0.25) is 5.02 Å². The SMILES string of the molecule is NCCCCCCCNc1nc(C=Cc2ccc(-c3ccccc3)cc2)nc2cc(Cl)ccc12. The van der Waals surface area contributed by atoms with Gasteiger partial charge in [-0.1, -0.05) is 91.5 Å². The minimum Gasteiger partial charge on any atom is -0.369 e. The average molecular weight is 471 g/mol. The second kappa shape index (κ2) is 12.3. The second-order valence-corrected chi connectivity index (χ2v) is 8.83. The highest BCUT2D eigenvalue weighted by molar-refractivity contribution is 6.31. The number of nitrogens with one attached hydrogen (secondary N) is 1. The van der Waals surface area contributed by atoms with Crippen LogP contribution < -0.4 is 11.1 Å². The minimum absolute atomic E-state index is 0.660. The molecule has 0 aliphatic carbocycles. The number of aromatic nitrogens is 2. The Bertz CT molecular complexity index is 1220. The van der Waals surface area contributed by atoms with Gasteiger partial charge in [-0.25, -0.2) is 9.97 Å². The number of hydrogen-bond acceptors (Lipinski definition) is 4. The van der Waals surface area contributed by atoms with Gasteiger partial charge >= 0.3 is 0 Å². The molecular weight excluding hydrogens is 440 g/mol. The van der Waals surface area contributed by atoms with E-state index in [1.54, 1.807) is 0 Å². The van der Waals surface area contributed by atoms with Crippen LogP contribution in [-0.2, 0) is 0 Å². The zero-order chi connectivity index (χ0) is 23.6. The van der Waals surface area contributed by atoms with Gasteiger partial charge in [-0.2, -0.15) is 0 Å². The molecule has 34 heavy (non-hydrogen) atoms. The molecule has 0 saturated carbocycles. The van der Waals surface area contributed by atoms with Gasteiger partial charge in [0.05, 0.1) is 5.52 Å². The highest BCUT2D eigenvalue weighted by Gasteiger charge is 2.07. The Labute approximate surface area is 206 Å². The topological polar surface area (TPSA) is 63.8 Å². The third kappa shape index (κ3) is 6.66. The molecule has 0 aliphatic rings. The van der Waals surface area contributed by atoms with Crippen molar-refractivity contribution >= 4 is 40.5 Å². The smallest absolute Gasteiger partial charge is 0.154 e. The van der Waals surface area contributed by atoms with Gasteiger partial charge in [0.25, 0.3) is 0 Å². The molecule has 0 atom stereocenters. The predicted octanol–water partition coefficient (Wildman–Crippen LogP) is 7.44. The predicted molar refractivity (Wildman–Crippen MR) is 146 cm³/mol. The summed E-state index contributed by atoms with van der Waals surface area (Å²) in [5.41, 5.74) is 9.92. The van der Waals surface area contributed by atoms with E-state index in [0.29, 0.717) is 10.8 Å². The van der Waals surface area contributed by atoms with Crippen molar-refractivity contribution in [1.29, 1.82) is 0 Å². The van der Waals surface area contributed by atoms with Crippen LogP contribution in [0.1, 0.15) is 43.5 Å². The van der Waals surface area contributed by atoms with Crippen molar-refractivity contribution in [3.8, 4) is 11.1 Å². The van der Waals surface area contributed by atoms with Gasteiger partial charge in [-0.15, -0.1) is 0 Å². The standard InChI is InChI=1S/C29H31ClN4/c30-25-16-17-26-27(21-25)33-28(34-29(26)32-20-8-3-1-2-7-19-31)18-13-22-11-14-24(15-12-22)23-9-5-4-6-10-23/h4-6,9-18,21H,1-3,7-8,19-20,31H2,(H,32,33,34).